The smallest absolute Gasteiger partial charge is 0.157 e. The van der Waals surface area contributed by atoms with Crippen LogP contribution in [0.15, 0.2) is 42.5 Å². The van der Waals surface area contributed by atoms with Gasteiger partial charge in [0.15, 0.2) is 9.84 Å². The second-order valence-electron chi connectivity index (χ2n) is 5.83. The van der Waals surface area contributed by atoms with Crippen molar-refractivity contribution < 1.29 is 8.42 Å². The van der Waals surface area contributed by atoms with Gasteiger partial charge < -0.3 is 0 Å². The lowest BCUT2D eigenvalue weighted by atomic mass is 10.0. The molecule has 0 N–H and O–H groups in total. The van der Waals surface area contributed by atoms with Gasteiger partial charge in [-0.2, -0.15) is 0 Å². The standard InChI is InChI=1S/C17H16O2S/c18-20(19,15-6-7-15)11-12-5-8-17-14(9-12)10-13-3-1-2-4-16(13)17/h1-5,8-9,15H,6-7,10-11H2. The normalized spacial score (nSPS) is 16.8. The van der Waals surface area contributed by atoms with Crippen molar-refractivity contribution in [1.29, 1.82) is 0 Å². The van der Waals surface area contributed by atoms with Crippen LogP contribution >= 0.6 is 0 Å². The van der Waals surface area contributed by atoms with E-state index in [1.165, 1.54) is 22.3 Å². The average molecular weight is 284 g/mol. The second kappa shape index (κ2) is 4.19. The molecular formula is C17H16O2S. The minimum atomic E-state index is -2.92. The fourth-order valence-corrected chi connectivity index (χ4v) is 4.80. The highest BCUT2D eigenvalue weighted by Crippen LogP contribution is 2.37. The minimum absolute atomic E-state index is 0.0760. The summed E-state index contributed by atoms with van der Waals surface area (Å²) in [5, 5.41) is -0.0760. The molecule has 0 radical (unpaired) electrons. The third-order valence-electron chi connectivity index (χ3n) is 4.26. The summed E-state index contributed by atoms with van der Waals surface area (Å²) in [7, 11) is -2.92. The molecule has 0 saturated heterocycles. The summed E-state index contributed by atoms with van der Waals surface area (Å²) in [4.78, 5) is 0. The van der Waals surface area contributed by atoms with E-state index in [1.54, 1.807) is 0 Å². The maximum absolute atomic E-state index is 12.1. The van der Waals surface area contributed by atoms with Gasteiger partial charge in [0.05, 0.1) is 11.0 Å². The van der Waals surface area contributed by atoms with Crippen LogP contribution in [0.5, 0.6) is 0 Å². The van der Waals surface area contributed by atoms with Crippen LogP contribution in [0.4, 0.5) is 0 Å². The van der Waals surface area contributed by atoms with Gasteiger partial charge >= 0.3 is 0 Å². The van der Waals surface area contributed by atoms with Crippen LogP contribution < -0.4 is 0 Å². The average Bonchev–Trinajstić information content (AvgIpc) is 3.20. The van der Waals surface area contributed by atoms with Gasteiger partial charge in [0.2, 0.25) is 0 Å². The first kappa shape index (κ1) is 12.2. The highest BCUT2D eigenvalue weighted by molar-refractivity contribution is 7.91. The Bertz CT molecular complexity index is 786. The van der Waals surface area contributed by atoms with E-state index in [-0.39, 0.29) is 11.0 Å². The highest BCUT2D eigenvalue weighted by atomic mass is 32.2. The monoisotopic (exact) mass is 284 g/mol. The van der Waals surface area contributed by atoms with Crippen LogP contribution in [0.25, 0.3) is 11.1 Å². The van der Waals surface area contributed by atoms with E-state index < -0.39 is 9.84 Å². The quantitative estimate of drug-likeness (QED) is 0.739. The Balaban J connectivity index is 1.68. The molecule has 20 heavy (non-hydrogen) atoms. The Labute approximate surface area is 119 Å². The number of benzene rings is 2. The van der Waals surface area contributed by atoms with Crippen molar-refractivity contribution in [3.63, 3.8) is 0 Å². The number of fused-ring (bicyclic) bond motifs is 3. The summed E-state index contributed by atoms with van der Waals surface area (Å²) in [6.45, 7) is 0. The fraction of sp³-hybridized carbons (Fsp3) is 0.294. The first-order valence-corrected chi connectivity index (χ1v) is 8.77. The van der Waals surface area contributed by atoms with Gasteiger partial charge in [-0.25, -0.2) is 8.42 Å². The third kappa shape index (κ3) is 1.97. The number of rotatable bonds is 3. The summed E-state index contributed by atoms with van der Waals surface area (Å²) >= 11 is 0. The molecule has 0 spiro atoms. The minimum Gasteiger partial charge on any atom is -0.228 e. The summed E-state index contributed by atoms with van der Waals surface area (Å²) in [6.07, 6.45) is 2.61. The lowest BCUT2D eigenvalue weighted by Gasteiger charge is -2.06. The van der Waals surface area contributed by atoms with Crippen molar-refractivity contribution in [2.75, 3.05) is 0 Å². The van der Waals surface area contributed by atoms with Gasteiger partial charge in [0.25, 0.3) is 0 Å². The van der Waals surface area contributed by atoms with E-state index in [4.69, 9.17) is 0 Å². The molecule has 0 bridgehead atoms. The van der Waals surface area contributed by atoms with Crippen LogP contribution in [0.3, 0.4) is 0 Å². The highest BCUT2D eigenvalue weighted by Gasteiger charge is 2.35. The van der Waals surface area contributed by atoms with Crippen molar-refractivity contribution in [2.45, 2.75) is 30.3 Å². The summed E-state index contributed by atoms with van der Waals surface area (Å²) in [5.74, 6) is 0.196. The largest absolute Gasteiger partial charge is 0.228 e. The van der Waals surface area contributed by atoms with Crippen molar-refractivity contribution >= 4 is 9.84 Å². The molecule has 102 valence electrons. The molecule has 2 aromatic rings. The van der Waals surface area contributed by atoms with Crippen molar-refractivity contribution in [3.05, 3.63) is 59.2 Å². The van der Waals surface area contributed by atoms with Gasteiger partial charge in [-0.05, 0) is 47.1 Å². The van der Waals surface area contributed by atoms with E-state index in [2.05, 4.69) is 36.4 Å². The molecule has 3 heteroatoms. The van der Waals surface area contributed by atoms with E-state index in [9.17, 15) is 8.42 Å². The molecule has 0 heterocycles. The molecular weight excluding hydrogens is 268 g/mol. The first-order valence-electron chi connectivity index (χ1n) is 7.05. The first-order chi connectivity index (χ1) is 9.63. The van der Waals surface area contributed by atoms with Crippen molar-refractivity contribution in [1.82, 2.24) is 0 Å². The lowest BCUT2D eigenvalue weighted by molar-refractivity contribution is 0.594. The maximum atomic E-state index is 12.1. The van der Waals surface area contributed by atoms with Crippen LogP contribution in [0.2, 0.25) is 0 Å². The summed E-state index contributed by atoms with van der Waals surface area (Å²) in [5.41, 5.74) is 6.08. The van der Waals surface area contributed by atoms with Crippen molar-refractivity contribution in [2.24, 2.45) is 0 Å². The number of sulfone groups is 1. The molecule has 1 fully saturated rings. The molecule has 0 unspecified atom stereocenters. The molecule has 2 aromatic carbocycles. The molecule has 0 aliphatic heterocycles. The Morgan fingerprint density at radius 1 is 0.950 bits per heavy atom. The zero-order valence-electron chi connectivity index (χ0n) is 11.2. The molecule has 0 aromatic heterocycles. The van der Waals surface area contributed by atoms with Gasteiger partial charge in [0, 0.05) is 0 Å². The van der Waals surface area contributed by atoms with E-state index >= 15 is 0 Å². The van der Waals surface area contributed by atoms with E-state index in [0.717, 1.165) is 24.8 Å². The molecule has 0 amide bonds. The molecule has 0 atom stereocenters. The zero-order chi connectivity index (χ0) is 13.7. The third-order valence-corrected chi connectivity index (χ3v) is 6.48. The molecule has 2 aliphatic carbocycles. The molecule has 2 aliphatic rings. The summed E-state index contributed by atoms with van der Waals surface area (Å²) < 4.78 is 24.2. The fourth-order valence-electron chi connectivity index (χ4n) is 3.07. The van der Waals surface area contributed by atoms with E-state index in [1.807, 2.05) is 6.07 Å². The topological polar surface area (TPSA) is 34.1 Å². The van der Waals surface area contributed by atoms with Gasteiger partial charge in [-0.3, -0.25) is 0 Å². The molecule has 1 saturated carbocycles. The van der Waals surface area contributed by atoms with Crippen LogP contribution in [0.1, 0.15) is 29.5 Å². The number of hydrogen-bond donors (Lipinski definition) is 0. The van der Waals surface area contributed by atoms with Gasteiger partial charge in [0.1, 0.15) is 0 Å². The van der Waals surface area contributed by atoms with Gasteiger partial charge in [-0.1, -0.05) is 42.5 Å². The van der Waals surface area contributed by atoms with E-state index in [0.29, 0.717) is 0 Å². The Morgan fingerprint density at radius 3 is 2.50 bits per heavy atom. The lowest BCUT2D eigenvalue weighted by Crippen LogP contribution is -2.09. The molecule has 2 nitrogen and oxygen atoms in total. The van der Waals surface area contributed by atoms with Crippen LogP contribution in [-0.2, 0) is 22.0 Å². The van der Waals surface area contributed by atoms with Crippen molar-refractivity contribution in [3.8, 4) is 11.1 Å². The Hall–Kier alpha value is -1.61. The predicted molar refractivity (Wildman–Crippen MR) is 80.3 cm³/mol. The predicted octanol–water partition coefficient (Wildman–Crippen LogP) is 3.34. The second-order valence-corrected chi connectivity index (χ2v) is 8.11. The van der Waals surface area contributed by atoms with Crippen LogP contribution in [-0.4, -0.2) is 13.7 Å². The molecule has 4 rings (SSSR count). The van der Waals surface area contributed by atoms with Gasteiger partial charge in [-0.15, -0.1) is 0 Å². The maximum Gasteiger partial charge on any atom is 0.157 e. The zero-order valence-corrected chi connectivity index (χ0v) is 12.0. The summed E-state index contributed by atoms with van der Waals surface area (Å²) in [6, 6.07) is 14.5. The van der Waals surface area contributed by atoms with Crippen LogP contribution in [0, 0.1) is 0 Å². The SMILES string of the molecule is O=S(=O)(Cc1ccc2c(c1)Cc1ccccc1-2)C1CC1. The number of hydrogen-bond acceptors (Lipinski definition) is 2. The Kier molecular flexibility index (Phi) is 2.55. The Morgan fingerprint density at radius 2 is 1.70 bits per heavy atom.